The van der Waals surface area contributed by atoms with Gasteiger partial charge >= 0.3 is 0 Å². The molecule has 0 radical (unpaired) electrons. The molecule has 0 N–H and O–H groups in total. The van der Waals surface area contributed by atoms with Crippen LogP contribution in [0.1, 0.15) is 43.0 Å². The van der Waals surface area contributed by atoms with Crippen LogP contribution in [0.5, 0.6) is 0 Å². The van der Waals surface area contributed by atoms with E-state index in [2.05, 4.69) is 4.98 Å². The highest BCUT2D eigenvalue weighted by molar-refractivity contribution is 7.99. The fourth-order valence-electron chi connectivity index (χ4n) is 4.17. The number of aromatic nitrogens is 2. The van der Waals surface area contributed by atoms with Crippen LogP contribution in [-0.4, -0.2) is 59.1 Å². The van der Waals surface area contributed by atoms with E-state index in [0.29, 0.717) is 31.7 Å². The number of likely N-dealkylation sites (tertiary alicyclic amines) is 1. The SMILES string of the molecule is CS(=O)(=O)C1CCN(C(=O)CC2CSc3nc4c(c(=O)n32)CCC4)CC1. The summed E-state index contributed by atoms with van der Waals surface area (Å²) in [6.07, 6.45) is 5.17. The lowest BCUT2D eigenvalue weighted by atomic mass is 10.1. The van der Waals surface area contributed by atoms with Gasteiger partial charge in [-0.3, -0.25) is 14.2 Å². The average molecular weight is 398 g/mol. The summed E-state index contributed by atoms with van der Waals surface area (Å²) in [6, 6.07) is -0.152. The van der Waals surface area contributed by atoms with Gasteiger partial charge in [0.15, 0.2) is 5.16 Å². The van der Waals surface area contributed by atoms with Gasteiger partial charge in [-0.15, -0.1) is 0 Å². The van der Waals surface area contributed by atoms with Crippen molar-refractivity contribution in [3.63, 3.8) is 0 Å². The standard InChI is InChI=1S/C17H23N3O4S2/c1-26(23,24)12-5-7-19(8-6-12)15(21)9-11-10-25-17-18-14-4-2-3-13(14)16(22)20(11)17/h11-12H,2-10H2,1H3. The molecule has 1 unspecified atom stereocenters. The molecule has 4 rings (SSSR count). The minimum Gasteiger partial charge on any atom is -0.343 e. The number of hydrogen-bond acceptors (Lipinski definition) is 6. The summed E-state index contributed by atoms with van der Waals surface area (Å²) in [5, 5.41) is 0.396. The van der Waals surface area contributed by atoms with Crippen molar-refractivity contribution in [3.8, 4) is 0 Å². The lowest BCUT2D eigenvalue weighted by Gasteiger charge is -2.31. The maximum atomic E-state index is 12.8. The molecular weight excluding hydrogens is 374 g/mol. The number of aryl methyl sites for hydroxylation is 1. The number of thioether (sulfide) groups is 1. The van der Waals surface area contributed by atoms with Crippen LogP contribution in [0.25, 0.3) is 0 Å². The molecule has 1 aromatic heterocycles. The Morgan fingerprint density at radius 1 is 1.27 bits per heavy atom. The molecule has 0 saturated carbocycles. The Hall–Kier alpha value is -1.35. The Morgan fingerprint density at radius 3 is 2.69 bits per heavy atom. The Bertz CT molecular complexity index is 901. The van der Waals surface area contributed by atoms with E-state index in [1.54, 1.807) is 21.2 Å². The van der Waals surface area contributed by atoms with Crippen molar-refractivity contribution in [2.75, 3.05) is 25.1 Å². The maximum Gasteiger partial charge on any atom is 0.257 e. The molecule has 1 saturated heterocycles. The number of carbonyl (C=O) groups excluding carboxylic acids is 1. The van der Waals surface area contributed by atoms with Gasteiger partial charge in [-0.05, 0) is 32.1 Å². The van der Waals surface area contributed by atoms with Crippen molar-refractivity contribution in [1.82, 2.24) is 14.5 Å². The van der Waals surface area contributed by atoms with E-state index < -0.39 is 9.84 Å². The molecule has 3 heterocycles. The zero-order valence-corrected chi connectivity index (χ0v) is 16.4. The monoisotopic (exact) mass is 397 g/mol. The molecule has 9 heteroatoms. The predicted octanol–water partition coefficient (Wildman–Crippen LogP) is 0.804. The molecule has 0 aromatic carbocycles. The van der Waals surface area contributed by atoms with Gasteiger partial charge in [-0.25, -0.2) is 13.4 Å². The van der Waals surface area contributed by atoms with E-state index in [1.807, 2.05) is 0 Å². The van der Waals surface area contributed by atoms with Crippen molar-refractivity contribution >= 4 is 27.5 Å². The molecule has 0 bridgehead atoms. The normalized spacial score (nSPS) is 23.1. The summed E-state index contributed by atoms with van der Waals surface area (Å²) in [7, 11) is -3.04. The van der Waals surface area contributed by atoms with E-state index in [1.165, 1.54) is 6.26 Å². The van der Waals surface area contributed by atoms with Crippen LogP contribution in [-0.2, 0) is 27.5 Å². The lowest BCUT2D eigenvalue weighted by Crippen LogP contribution is -2.43. The van der Waals surface area contributed by atoms with E-state index in [9.17, 15) is 18.0 Å². The van der Waals surface area contributed by atoms with Crippen molar-refractivity contribution in [2.24, 2.45) is 0 Å². The molecule has 7 nitrogen and oxygen atoms in total. The van der Waals surface area contributed by atoms with Gasteiger partial charge in [-0.1, -0.05) is 11.8 Å². The van der Waals surface area contributed by atoms with Crippen molar-refractivity contribution in [1.29, 1.82) is 0 Å². The summed E-state index contributed by atoms with van der Waals surface area (Å²) < 4.78 is 25.0. The lowest BCUT2D eigenvalue weighted by molar-refractivity contribution is -0.132. The number of hydrogen-bond donors (Lipinski definition) is 0. The number of rotatable bonds is 3. The van der Waals surface area contributed by atoms with Gasteiger partial charge in [0.25, 0.3) is 5.56 Å². The van der Waals surface area contributed by atoms with Gasteiger partial charge in [0.1, 0.15) is 9.84 Å². The zero-order valence-electron chi connectivity index (χ0n) is 14.8. The van der Waals surface area contributed by atoms with E-state index >= 15 is 0 Å². The highest BCUT2D eigenvalue weighted by Crippen LogP contribution is 2.34. The number of sulfone groups is 1. The summed E-state index contributed by atoms with van der Waals surface area (Å²) in [4.78, 5) is 31.9. The first-order valence-corrected chi connectivity index (χ1v) is 12.0. The maximum absolute atomic E-state index is 12.8. The number of fused-ring (bicyclic) bond motifs is 2. The van der Waals surface area contributed by atoms with E-state index in [0.717, 1.165) is 35.7 Å². The molecule has 2 aliphatic heterocycles. The van der Waals surface area contributed by atoms with Crippen LogP contribution in [0, 0.1) is 0 Å². The second-order valence-electron chi connectivity index (χ2n) is 7.43. The first-order valence-electron chi connectivity index (χ1n) is 9.08. The summed E-state index contributed by atoms with van der Waals surface area (Å²) in [5.74, 6) is 0.694. The zero-order chi connectivity index (χ0) is 18.5. The number of nitrogens with zero attached hydrogens (tertiary/aromatic N) is 3. The number of amides is 1. The summed E-state index contributed by atoms with van der Waals surface area (Å²) in [5.41, 5.74) is 1.78. The van der Waals surface area contributed by atoms with Crippen LogP contribution in [0.15, 0.2) is 9.95 Å². The third-order valence-electron chi connectivity index (χ3n) is 5.68. The van der Waals surface area contributed by atoms with E-state index in [-0.39, 0.29) is 29.2 Å². The largest absolute Gasteiger partial charge is 0.343 e. The molecule has 1 fully saturated rings. The third kappa shape index (κ3) is 3.19. The Balaban J connectivity index is 1.46. The van der Waals surface area contributed by atoms with Gasteiger partial charge in [0, 0.05) is 37.1 Å². The molecule has 142 valence electrons. The number of carbonyl (C=O) groups is 1. The molecule has 0 spiro atoms. The second-order valence-corrected chi connectivity index (χ2v) is 10.7. The van der Waals surface area contributed by atoms with Gasteiger partial charge in [0.2, 0.25) is 5.91 Å². The molecular formula is C17H23N3O4S2. The smallest absolute Gasteiger partial charge is 0.257 e. The highest BCUT2D eigenvalue weighted by Gasteiger charge is 2.34. The molecule has 1 aromatic rings. The minimum atomic E-state index is -3.04. The van der Waals surface area contributed by atoms with Gasteiger partial charge < -0.3 is 4.90 Å². The quantitative estimate of drug-likeness (QED) is 0.701. The van der Waals surface area contributed by atoms with Crippen LogP contribution in [0.4, 0.5) is 0 Å². The Labute approximate surface area is 157 Å². The van der Waals surface area contributed by atoms with Gasteiger partial charge in [-0.2, -0.15) is 0 Å². The topological polar surface area (TPSA) is 89.3 Å². The van der Waals surface area contributed by atoms with Crippen LogP contribution < -0.4 is 5.56 Å². The molecule has 1 amide bonds. The van der Waals surface area contributed by atoms with Crippen LogP contribution in [0.3, 0.4) is 0 Å². The van der Waals surface area contributed by atoms with Crippen molar-refractivity contribution in [2.45, 2.75) is 55.0 Å². The summed E-state index contributed by atoms with van der Waals surface area (Å²) in [6.45, 7) is 0.946. The minimum absolute atomic E-state index is 0.00259. The van der Waals surface area contributed by atoms with Crippen molar-refractivity contribution in [3.05, 3.63) is 21.6 Å². The number of piperidine rings is 1. The van der Waals surface area contributed by atoms with Gasteiger partial charge in [0.05, 0.1) is 17.0 Å². The summed E-state index contributed by atoms with van der Waals surface area (Å²) >= 11 is 1.55. The van der Waals surface area contributed by atoms with E-state index in [4.69, 9.17) is 0 Å². The first kappa shape index (κ1) is 18.0. The fraction of sp³-hybridized carbons (Fsp3) is 0.706. The van der Waals surface area contributed by atoms with Crippen LogP contribution in [0.2, 0.25) is 0 Å². The predicted molar refractivity (Wildman–Crippen MR) is 99.3 cm³/mol. The second kappa shape index (κ2) is 6.67. The Kier molecular flexibility index (Phi) is 4.63. The highest BCUT2D eigenvalue weighted by atomic mass is 32.2. The third-order valence-corrected chi connectivity index (χ3v) is 8.46. The molecule has 1 aliphatic carbocycles. The Morgan fingerprint density at radius 2 is 2.00 bits per heavy atom. The fourth-order valence-corrected chi connectivity index (χ4v) is 6.39. The molecule has 1 atom stereocenters. The van der Waals surface area contributed by atoms with Crippen molar-refractivity contribution < 1.29 is 13.2 Å². The molecule has 3 aliphatic rings. The molecule has 26 heavy (non-hydrogen) atoms. The average Bonchev–Trinajstić information content (AvgIpc) is 3.22. The van der Waals surface area contributed by atoms with Crippen LogP contribution >= 0.6 is 11.8 Å². The first-order chi connectivity index (χ1) is 12.3.